The van der Waals surface area contributed by atoms with Gasteiger partial charge in [-0.2, -0.15) is 0 Å². The molecule has 0 amide bonds. The predicted octanol–water partition coefficient (Wildman–Crippen LogP) is 18.3. The summed E-state index contributed by atoms with van der Waals surface area (Å²) >= 11 is 0. The Morgan fingerprint density at radius 2 is 0.448 bits per heavy atom. The van der Waals surface area contributed by atoms with E-state index < -0.39 is 20.2 Å². The third kappa shape index (κ3) is 41.8. The van der Waals surface area contributed by atoms with Gasteiger partial charge < -0.3 is 9.11 Å². The maximum absolute atomic E-state index is 11.3. The van der Waals surface area contributed by atoms with Crippen LogP contribution in [0.2, 0.25) is 0 Å². The Balaban J connectivity index is 0.00000128. The van der Waals surface area contributed by atoms with Crippen molar-refractivity contribution in [2.75, 3.05) is 0 Å². The molecule has 6 nitrogen and oxygen atoms in total. The SMILES string of the molecule is CCCCCCCCCCCCCCCCCCCCCCCc1ccccc1S(=O)(=O)[O-].CCCCCCCCCCCCCCCCCCCCCCCc1ccccc1S(=O)(=O)[O-].[Ca+2]. The molecule has 0 unspecified atom stereocenters. The van der Waals surface area contributed by atoms with Crippen LogP contribution < -0.4 is 0 Å². The van der Waals surface area contributed by atoms with Crippen molar-refractivity contribution >= 4 is 58.0 Å². The third-order valence-electron chi connectivity index (χ3n) is 13.6. The summed E-state index contributed by atoms with van der Waals surface area (Å²) in [4.78, 5) is -0.0867. The molecule has 2 aromatic carbocycles. The summed E-state index contributed by atoms with van der Waals surface area (Å²) in [5.41, 5.74) is 1.34. The van der Waals surface area contributed by atoms with Gasteiger partial charge in [0.15, 0.2) is 0 Å². The van der Waals surface area contributed by atoms with Gasteiger partial charge in [-0.25, -0.2) is 16.8 Å². The van der Waals surface area contributed by atoms with Crippen LogP contribution in [0.3, 0.4) is 0 Å². The maximum atomic E-state index is 11.3. The molecule has 0 aromatic heterocycles. The van der Waals surface area contributed by atoms with E-state index in [1.54, 1.807) is 36.4 Å². The first kappa shape index (κ1) is 66.5. The van der Waals surface area contributed by atoms with Gasteiger partial charge in [-0.15, -0.1) is 0 Å². The van der Waals surface area contributed by atoms with E-state index in [4.69, 9.17) is 0 Å². The molecule has 384 valence electrons. The number of aryl methyl sites for hydroxylation is 2. The van der Waals surface area contributed by atoms with Gasteiger partial charge in [0.2, 0.25) is 0 Å². The molecule has 0 aliphatic carbocycles. The van der Waals surface area contributed by atoms with Crippen molar-refractivity contribution in [1.82, 2.24) is 0 Å². The van der Waals surface area contributed by atoms with Gasteiger partial charge >= 0.3 is 37.7 Å². The average molecular weight is 1000 g/mol. The van der Waals surface area contributed by atoms with E-state index in [1.165, 1.54) is 256 Å². The average Bonchev–Trinajstić information content (AvgIpc) is 3.30. The zero-order valence-corrected chi connectivity index (χ0v) is 47.5. The fourth-order valence-electron chi connectivity index (χ4n) is 9.40. The zero-order chi connectivity index (χ0) is 48.1. The standard InChI is InChI=1S/2C29H52O3S.Ca/c2*1-2-3-4-5-6-7-8-9-10-11-12-13-14-15-16-17-18-19-20-21-22-25-28-26-23-24-27-29(28)33(30,31)32;/h2*23-24,26-27H,2-22,25H2,1H3,(H,30,31,32);/q;;+2/p-2. The van der Waals surface area contributed by atoms with Crippen LogP contribution in [-0.2, 0) is 33.1 Å². The molecule has 0 spiro atoms. The van der Waals surface area contributed by atoms with Crippen LogP contribution in [0.1, 0.15) is 295 Å². The molecule has 0 radical (unpaired) electrons. The Hall–Kier alpha value is -0.480. The monoisotopic (exact) mass is 999 g/mol. The molecule has 2 rings (SSSR count). The zero-order valence-electron chi connectivity index (χ0n) is 43.7. The molecule has 67 heavy (non-hydrogen) atoms. The molecule has 0 atom stereocenters. The summed E-state index contributed by atoms with van der Waals surface area (Å²) in [6, 6.07) is 13.2. The minimum atomic E-state index is -4.36. The van der Waals surface area contributed by atoms with Gasteiger partial charge in [-0.1, -0.05) is 307 Å². The maximum Gasteiger partial charge on any atom is 2.00 e. The minimum absolute atomic E-state index is 0. The predicted molar refractivity (Wildman–Crippen MR) is 287 cm³/mol. The molecular formula is C58H102CaO6S2. The van der Waals surface area contributed by atoms with Crippen molar-refractivity contribution in [2.24, 2.45) is 0 Å². The Bertz CT molecular complexity index is 1460. The largest absolute Gasteiger partial charge is 2.00 e. The molecule has 0 aliphatic heterocycles. The number of rotatable bonds is 46. The quantitative estimate of drug-likeness (QED) is 0.0371. The number of hydrogen-bond donors (Lipinski definition) is 0. The molecule has 2 aromatic rings. The van der Waals surface area contributed by atoms with Gasteiger partial charge in [0.1, 0.15) is 20.2 Å². The van der Waals surface area contributed by atoms with Crippen molar-refractivity contribution < 1.29 is 25.9 Å². The van der Waals surface area contributed by atoms with Crippen molar-refractivity contribution in [3.63, 3.8) is 0 Å². The third-order valence-corrected chi connectivity index (χ3v) is 15.5. The van der Waals surface area contributed by atoms with E-state index in [0.717, 1.165) is 25.7 Å². The van der Waals surface area contributed by atoms with Crippen LogP contribution in [0.4, 0.5) is 0 Å². The summed E-state index contributed by atoms with van der Waals surface area (Å²) in [6.07, 6.45) is 58.3. The Kier molecular flexibility index (Phi) is 47.5. The topological polar surface area (TPSA) is 114 Å². The Labute approximate surface area is 446 Å². The van der Waals surface area contributed by atoms with Crippen LogP contribution in [-0.4, -0.2) is 63.7 Å². The van der Waals surface area contributed by atoms with E-state index in [-0.39, 0.29) is 47.5 Å². The molecule has 0 bridgehead atoms. The molecule has 0 saturated carbocycles. The molecule has 0 aliphatic rings. The molecular weight excluding hydrogens is 897 g/mol. The number of unbranched alkanes of at least 4 members (excludes halogenated alkanes) is 40. The van der Waals surface area contributed by atoms with Crippen molar-refractivity contribution in [3.05, 3.63) is 59.7 Å². The van der Waals surface area contributed by atoms with Crippen molar-refractivity contribution in [1.29, 1.82) is 0 Å². The molecule has 0 fully saturated rings. The van der Waals surface area contributed by atoms with Crippen molar-refractivity contribution in [2.45, 2.75) is 306 Å². The van der Waals surface area contributed by atoms with Gasteiger partial charge in [-0.3, -0.25) is 0 Å². The minimum Gasteiger partial charge on any atom is -0.744 e. The summed E-state index contributed by atoms with van der Waals surface area (Å²) < 4.78 is 67.9. The normalized spacial score (nSPS) is 11.6. The second-order valence-electron chi connectivity index (χ2n) is 19.8. The Morgan fingerprint density at radius 3 is 0.627 bits per heavy atom. The van der Waals surface area contributed by atoms with Gasteiger partial charge in [0.05, 0.1) is 9.79 Å². The van der Waals surface area contributed by atoms with E-state index in [0.29, 0.717) is 24.0 Å². The summed E-state index contributed by atoms with van der Waals surface area (Å²) in [6.45, 7) is 4.57. The molecule has 0 saturated heterocycles. The van der Waals surface area contributed by atoms with Crippen LogP contribution in [0, 0.1) is 0 Å². The van der Waals surface area contributed by atoms with E-state index in [2.05, 4.69) is 13.8 Å². The summed E-state index contributed by atoms with van der Waals surface area (Å²) in [5.74, 6) is 0. The second-order valence-corrected chi connectivity index (χ2v) is 22.5. The smallest absolute Gasteiger partial charge is 0.744 e. The first-order chi connectivity index (χ1) is 32.1. The molecule has 0 N–H and O–H groups in total. The second kappa shape index (κ2) is 47.8. The summed E-state index contributed by atoms with van der Waals surface area (Å²) in [7, 11) is -8.72. The first-order valence-corrected chi connectivity index (χ1v) is 31.0. The van der Waals surface area contributed by atoms with Gasteiger partial charge in [0.25, 0.3) is 0 Å². The fourth-order valence-corrected chi connectivity index (χ4v) is 10.9. The number of benzene rings is 2. The van der Waals surface area contributed by atoms with Gasteiger partial charge in [0, 0.05) is 0 Å². The van der Waals surface area contributed by atoms with Gasteiger partial charge in [-0.05, 0) is 48.9 Å². The molecule has 9 heteroatoms. The van der Waals surface area contributed by atoms with Crippen LogP contribution in [0.25, 0.3) is 0 Å². The summed E-state index contributed by atoms with van der Waals surface area (Å²) in [5, 5.41) is 0. The van der Waals surface area contributed by atoms with Crippen LogP contribution >= 0.6 is 0 Å². The fraction of sp³-hybridized carbons (Fsp3) is 0.793. The van der Waals surface area contributed by atoms with Crippen molar-refractivity contribution in [3.8, 4) is 0 Å². The Morgan fingerprint density at radius 1 is 0.284 bits per heavy atom. The number of hydrogen-bond acceptors (Lipinski definition) is 6. The van der Waals surface area contributed by atoms with E-state index in [1.807, 2.05) is 0 Å². The first-order valence-electron chi connectivity index (χ1n) is 28.2. The van der Waals surface area contributed by atoms with E-state index >= 15 is 0 Å². The van der Waals surface area contributed by atoms with E-state index in [9.17, 15) is 25.9 Å². The van der Waals surface area contributed by atoms with Crippen LogP contribution in [0.15, 0.2) is 58.3 Å². The van der Waals surface area contributed by atoms with Crippen LogP contribution in [0.5, 0.6) is 0 Å². The molecule has 0 heterocycles.